The van der Waals surface area contributed by atoms with Crippen LogP contribution < -0.4 is 5.73 Å². The number of nitrogens with zero attached hydrogens (tertiary/aromatic N) is 2. The summed E-state index contributed by atoms with van der Waals surface area (Å²) in [6, 6.07) is 3.70. The van der Waals surface area contributed by atoms with Gasteiger partial charge in [-0.2, -0.15) is 0 Å². The van der Waals surface area contributed by atoms with Gasteiger partial charge in [-0.15, -0.1) is 0 Å². The van der Waals surface area contributed by atoms with Crippen LogP contribution in [0.25, 0.3) is 0 Å². The number of carbonyl (C=O) groups excluding carboxylic acids is 1. The minimum absolute atomic E-state index is 0.0811. The summed E-state index contributed by atoms with van der Waals surface area (Å²) in [6.07, 6.45) is 8.21. The molecule has 2 fully saturated rings. The van der Waals surface area contributed by atoms with Gasteiger partial charge < -0.3 is 10.6 Å². The molecule has 20 heavy (non-hydrogen) atoms. The van der Waals surface area contributed by atoms with Crippen molar-refractivity contribution < 1.29 is 4.79 Å². The molecular weight excluding hydrogens is 250 g/mol. The maximum Gasteiger partial charge on any atom is 0.272 e. The van der Waals surface area contributed by atoms with Crippen LogP contribution in [0.4, 0.5) is 0 Å². The van der Waals surface area contributed by atoms with Gasteiger partial charge in [0.05, 0.1) is 0 Å². The SMILES string of the molecule is NCc1ccc(C(=O)N2CCC3CCCCC3C2)nc1. The van der Waals surface area contributed by atoms with Crippen LogP contribution in [0.3, 0.4) is 0 Å². The molecule has 0 radical (unpaired) electrons. The molecule has 0 aromatic carbocycles. The Hall–Kier alpha value is -1.42. The Kier molecular flexibility index (Phi) is 4.01. The van der Waals surface area contributed by atoms with Gasteiger partial charge >= 0.3 is 0 Å². The zero-order chi connectivity index (χ0) is 13.9. The number of amides is 1. The number of nitrogens with two attached hydrogens (primary N) is 1. The molecular formula is C16H23N3O. The number of carbonyl (C=O) groups is 1. The quantitative estimate of drug-likeness (QED) is 0.898. The highest BCUT2D eigenvalue weighted by Gasteiger charge is 2.33. The lowest BCUT2D eigenvalue weighted by atomic mass is 9.75. The number of piperidine rings is 1. The number of likely N-dealkylation sites (tertiary alicyclic amines) is 1. The molecule has 2 heterocycles. The molecule has 2 N–H and O–H groups in total. The number of hydrogen-bond donors (Lipinski definition) is 1. The highest BCUT2D eigenvalue weighted by molar-refractivity contribution is 5.92. The number of fused-ring (bicyclic) bond motifs is 1. The van der Waals surface area contributed by atoms with Gasteiger partial charge in [0, 0.05) is 25.8 Å². The first-order chi connectivity index (χ1) is 9.78. The van der Waals surface area contributed by atoms with Gasteiger partial charge in [0.15, 0.2) is 0 Å². The number of hydrogen-bond acceptors (Lipinski definition) is 3. The molecule has 4 nitrogen and oxygen atoms in total. The van der Waals surface area contributed by atoms with Crippen LogP contribution >= 0.6 is 0 Å². The van der Waals surface area contributed by atoms with Crippen molar-refractivity contribution in [2.24, 2.45) is 17.6 Å². The number of aromatic nitrogens is 1. The molecule has 2 aliphatic rings. The summed E-state index contributed by atoms with van der Waals surface area (Å²) in [7, 11) is 0. The second kappa shape index (κ2) is 5.92. The zero-order valence-corrected chi connectivity index (χ0v) is 11.9. The third kappa shape index (κ3) is 2.70. The van der Waals surface area contributed by atoms with Gasteiger partial charge in [0.25, 0.3) is 5.91 Å². The molecule has 1 aliphatic heterocycles. The molecule has 1 saturated heterocycles. The summed E-state index contributed by atoms with van der Waals surface area (Å²) in [6.45, 7) is 2.28. The molecule has 1 amide bonds. The minimum Gasteiger partial charge on any atom is -0.337 e. The predicted molar refractivity (Wildman–Crippen MR) is 78.1 cm³/mol. The second-order valence-corrected chi connectivity index (χ2v) is 6.10. The van der Waals surface area contributed by atoms with Crippen molar-refractivity contribution in [1.82, 2.24) is 9.88 Å². The number of pyridine rings is 1. The molecule has 1 aromatic rings. The Bertz CT molecular complexity index is 471. The van der Waals surface area contributed by atoms with E-state index in [-0.39, 0.29) is 5.91 Å². The molecule has 108 valence electrons. The predicted octanol–water partition coefficient (Wildman–Crippen LogP) is 2.19. The van der Waals surface area contributed by atoms with Crippen molar-refractivity contribution in [3.8, 4) is 0 Å². The van der Waals surface area contributed by atoms with Crippen LogP contribution in [0.1, 0.15) is 48.2 Å². The van der Waals surface area contributed by atoms with Crippen molar-refractivity contribution in [3.05, 3.63) is 29.6 Å². The van der Waals surface area contributed by atoms with E-state index in [4.69, 9.17) is 5.73 Å². The summed E-state index contributed by atoms with van der Waals surface area (Å²) in [5.74, 6) is 1.64. The van der Waals surface area contributed by atoms with Gasteiger partial charge in [-0.3, -0.25) is 9.78 Å². The minimum atomic E-state index is 0.0811. The van der Waals surface area contributed by atoms with Crippen molar-refractivity contribution in [2.45, 2.75) is 38.6 Å². The fraction of sp³-hybridized carbons (Fsp3) is 0.625. The normalized spacial score (nSPS) is 26.1. The van der Waals surface area contributed by atoms with Crippen LogP contribution in [-0.2, 0) is 6.54 Å². The van der Waals surface area contributed by atoms with Gasteiger partial charge in [-0.1, -0.05) is 25.3 Å². The van der Waals surface area contributed by atoms with Crippen LogP contribution in [0.2, 0.25) is 0 Å². The van der Waals surface area contributed by atoms with E-state index >= 15 is 0 Å². The smallest absolute Gasteiger partial charge is 0.272 e. The Morgan fingerprint density at radius 2 is 2.05 bits per heavy atom. The first kappa shape index (κ1) is 13.6. The Labute approximate surface area is 120 Å². The van der Waals surface area contributed by atoms with Crippen molar-refractivity contribution in [3.63, 3.8) is 0 Å². The maximum atomic E-state index is 12.5. The lowest BCUT2D eigenvalue weighted by Gasteiger charge is -2.41. The molecule has 3 rings (SSSR count). The van der Waals surface area contributed by atoms with Crippen LogP contribution in [0.15, 0.2) is 18.3 Å². The summed E-state index contributed by atoms with van der Waals surface area (Å²) in [5, 5.41) is 0. The van der Waals surface area contributed by atoms with E-state index in [2.05, 4.69) is 4.98 Å². The van der Waals surface area contributed by atoms with Crippen molar-refractivity contribution >= 4 is 5.91 Å². The third-order valence-corrected chi connectivity index (χ3v) is 4.86. The molecule has 4 heteroatoms. The standard InChI is InChI=1S/C16H23N3O/c17-9-12-5-6-15(18-10-12)16(20)19-8-7-13-3-1-2-4-14(13)11-19/h5-6,10,13-14H,1-4,7-9,11,17H2. The highest BCUT2D eigenvalue weighted by Crippen LogP contribution is 2.36. The van der Waals surface area contributed by atoms with Gasteiger partial charge in [0.1, 0.15) is 5.69 Å². The molecule has 2 unspecified atom stereocenters. The summed E-state index contributed by atoms with van der Waals surface area (Å²) in [5.41, 5.74) is 7.07. The third-order valence-electron chi connectivity index (χ3n) is 4.86. The van der Waals surface area contributed by atoms with E-state index in [9.17, 15) is 4.79 Å². The summed E-state index contributed by atoms with van der Waals surface area (Å²) in [4.78, 5) is 18.8. The van der Waals surface area contributed by atoms with E-state index in [1.165, 1.54) is 25.7 Å². The van der Waals surface area contributed by atoms with E-state index in [1.54, 1.807) is 12.3 Å². The lowest BCUT2D eigenvalue weighted by Crippen LogP contribution is -2.45. The Morgan fingerprint density at radius 3 is 2.75 bits per heavy atom. The fourth-order valence-corrected chi connectivity index (χ4v) is 3.62. The van der Waals surface area contributed by atoms with E-state index in [1.807, 2.05) is 11.0 Å². The topological polar surface area (TPSA) is 59.2 Å². The van der Waals surface area contributed by atoms with E-state index < -0.39 is 0 Å². The highest BCUT2D eigenvalue weighted by atomic mass is 16.2. The van der Waals surface area contributed by atoms with E-state index in [0.29, 0.717) is 18.2 Å². The van der Waals surface area contributed by atoms with Crippen molar-refractivity contribution in [2.75, 3.05) is 13.1 Å². The maximum absolute atomic E-state index is 12.5. The second-order valence-electron chi connectivity index (χ2n) is 6.10. The van der Waals surface area contributed by atoms with Crippen LogP contribution in [0, 0.1) is 11.8 Å². The molecule has 0 bridgehead atoms. The van der Waals surface area contributed by atoms with Crippen molar-refractivity contribution in [1.29, 1.82) is 0 Å². The summed E-state index contributed by atoms with van der Waals surface area (Å²) < 4.78 is 0. The number of rotatable bonds is 2. The summed E-state index contributed by atoms with van der Waals surface area (Å²) >= 11 is 0. The Balaban J connectivity index is 1.67. The monoisotopic (exact) mass is 273 g/mol. The average Bonchev–Trinajstić information content (AvgIpc) is 2.54. The van der Waals surface area contributed by atoms with Gasteiger partial charge in [-0.05, 0) is 36.3 Å². The zero-order valence-electron chi connectivity index (χ0n) is 11.9. The molecule has 1 aromatic heterocycles. The first-order valence-electron chi connectivity index (χ1n) is 7.72. The largest absolute Gasteiger partial charge is 0.337 e. The van der Waals surface area contributed by atoms with E-state index in [0.717, 1.165) is 31.0 Å². The molecule has 2 atom stereocenters. The van der Waals surface area contributed by atoms with Gasteiger partial charge in [0.2, 0.25) is 0 Å². The van der Waals surface area contributed by atoms with Crippen LogP contribution in [-0.4, -0.2) is 28.9 Å². The first-order valence-corrected chi connectivity index (χ1v) is 7.72. The molecule has 1 aliphatic carbocycles. The molecule has 1 saturated carbocycles. The molecule has 0 spiro atoms. The Morgan fingerprint density at radius 1 is 1.25 bits per heavy atom. The van der Waals surface area contributed by atoms with Gasteiger partial charge in [-0.25, -0.2) is 0 Å². The lowest BCUT2D eigenvalue weighted by molar-refractivity contribution is 0.0515. The van der Waals surface area contributed by atoms with Crippen LogP contribution in [0.5, 0.6) is 0 Å². The average molecular weight is 273 g/mol. The fourth-order valence-electron chi connectivity index (χ4n) is 3.62.